The number of pyridine rings is 2. The van der Waals surface area contributed by atoms with E-state index in [1.165, 1.54) is 13.3 Å². The number of anilines is 3. The van der Waals surface area contributed by atoms with Crippen LogP contribution >= 0.6 is 0 Å². The van der Waals surface area contributed by atoms with Gasteiger partial charge < -0.3 is 26.8 Å². The zero-order chi connectivity index (χ0) is 20.7. The highest BCUT2D eigenvalue weighted by atomic mass is 19.1. The van der Waals surface area contributed by atoms with Crippen molar-refractivity contribution < 1.29 is 13.9 Å². The van der Waals surface area contributed by atoms with Crippen LogP contribution in [0, 0.1) is 5.82 Å². The number of rotatable bonds is 10. The molecule has 2 aromatic heterocycles. The van der Waals surface area contributed by atoms with Crippen LogP contribution in [-0.2, 0) is 0 Å². The number of amides is 1. The van der Waals surface area contributed by atoms with Crippen molar-refractivity contribution in [1.29, 1.82) is 0 Å². The van der Waals surface area contributed by atoms with Gasteiger partial charge in [-0.15, -0.1) is 0 Å². The van der Waals surface area contributed by atoms with Crippen LogP contribution in [0.4, 0.5) is 21.7 Å². The topological polar surface area (TPSA) is 128 Å². The number of nitrogens with zero attached hydrogens (tertiary/aromatic N) is 2. The van der Waals surface area contributed by atoms with Gasteiger partial charge in [0.1, 0.15) is 5.82 Å². The maximum Gasteiger partial charge on any atom is 0.252 e. The summed E-state index contributed by atoms with van der Waals surface area (Å²) in [6.45, 7) is 3.93. The summed E-state index contributed by atoms with van der Waals surface area (Å²) in [6, 6.07) is 3.99. The van der Waals surface area contributed by atoms with Gasteiger partial charge in [-0.25, -0.2) is 14.4 Å². The van der Waals surface area contributed by atoms with Crippen LogP contribution in [-0.4, -0.2) is 35.1 Å². The molecular formula is C19H27FN6O2. The summed E-state index contributed by atoms with van der Waals surface area (Å²) in [6.07, 6.45) is 4.25. The van der Waals surface area contributed by atoms with Crippen LogP contribution < -0.4 is 26.8 Å². The number of primary amides is 1. The van der Waals surface area contributed by atoms with Gasteiger partial charge in [0.15, 0.2) is 11.6 Å². The van der Waals surface area contributed by atoms with Gasteiger partial charge in [-0.1, -0.05) is 19.8 Å². The number of carbonyl (C=O) groups is 1. The Balaban J connectivity index is 2.37. The van der Waals surface area contributed by atoms with E-state index in [1.807, 2.05) is 6.92 Å². The maximum absolute atomic E-state index is 14.6. The van der Waals surface area contributed by atoms with Gasteiger partial charge in [-0.2, -0.15) is 0 Å². The Kier molecular flexibility index (Phi) is 7.51. The van der Waals surface area contributed by atoms with Crippen LogP contribution in [0.3, 0.4) is 0 Å². The molecule has 0 aliphatic rings. The molecule has 8 nitrogen and oxygen atoms in total. The Hall–Kier alpha value is -2.94. The molecule has 0 saturated heterocycles. The van der Waals surface area contributed by atoms with E-state index in [0.717, 1.165) is 25.3 Å². The highest BCUT2D eigenvalue weighted by molar-refractivity contribution is 5.98. The van der Waals surface area contributed by atoms with E-state index in [0.29, 0.717) is 11.6 Å². The molecular weight excluding hydrogens is 363 g/mol. The van der Waals surface area contributed by atoms with E-state index in [9.17, 15) is 9.18 Å². The maximum atomic E-state index is 14.6. The lowest BCUT2D eigenvalue weighted by Gasteiger charge is -2.23. The fourth-order valence-corrected chi connectivity index (χ4v) is 2.67. The number of ether oxygens (including phenoxy) is 1. The number of unbranched alkanes of at least 4 members (excludes halogenated alkanes) is 1. The minimum absolute atomic E-state index is 0.00641. The summed E-state index contributed by atoms with van der Waals surface area (Å²) in [7, 11) is 1.49. The predicted molar refractivity (Wildman–Crippen MR) is 107 cm³/mol. The zero-order valence-corrected chi connectivity index (χ0v) is 16.3. The highest BCUT2D eigenvalue weighted by Crippen LogP contribution is 2.26. The van der Waals surface area contributed by atoms with Crippen LogP contribution in [0.1, 0.15) is 43.5 Å². The van der Waals surface area contributed by atoms with Crippen molar-refractivity contribution in [1.82, 2.24) is 9.97 Å². The van der Waals surface area contributed by atoms with Crippen molar-refractivity contribution in [2.75, 3.05) is 17.7 Å². The van der Waals surface area contributed by atoms with Crippen molar-refractivity contribution in [2.24, 2.45) is 11.5 Å². The van der Waals surface area contributed by atoms with Crippen molar-refractivity contribution in [3.05, 3.63) is 35.8 Å². The molecule has 0 aliphatic carbocycles. The van der Waals surface area contributed by atoms with Gasteiger partial charge in [0.05, 0.1) is 12.7 Å². The number of aromatic nitrogens is 2. The van der Waals surface area contributed by atoms with Gasteiger partial charge in [0.2, 0.25) is 5.88 Å². The highest BCUT2D eigenvalue weighted by Gasteiger charge is 2.20. The fraction of sp³-hybridized carbons (Fsp3) is 0.421. The molecule has 0 unspecified atom stereocenters. The van der Waals surface area contributed by atoms with E-state index in [4.69, 9.17) is 16.2 Å². The van der Waals surface area contributed by atoms with Crippen LogP contribution in [0.25, 0.3) is 0 Å². The summed E-state index contributed by atoms with van der Waals surface area (Å²) < 4.78 is 19.6. The van der Waals surface area contributed by atoms with Gasteiger partial charge >= 0.3 is 0 Å². The molecule has 0 aliphatic heterocycles. The standard InChI is InChI=1S/C19H27FN6O2/c1-4-5-6-15(11(2)21)25-19-14(20)10-13(17(22)27)18(26-19)24-12-7-8-23-16(9-12)28-3/h7-11,15H,4-6,21H2,1-3H3,(H2,22,27)(H2,23,24,25,26)/t11-,15+/m0/s1. The monoisotopic (exact) mass is 390 g/mol. The second-order valence-corrected chi connectivity index (χ2v) is 6.54. The second kappa shape index (κ2) is 9.84. The Morgan fingerprint density at radius 3 is 2.71 bits per heavy atom. The first-order chi connectivity index (χ1) is 13.3. The van der Waals surface area contributed by atoms with Gasteiger partial charge in [-0.3, -0.25) is 4.79 Å². The third-order valence-corrected chi connectivity index (χ3v) is 4.27. The Bertz CT molecular complexity index is 815. The molecule has 152 valence electrons. The Morgan fingerprint density at radius 1 is 1.36 bits per heavy atom. The first-order valence-corrected chi connectivity index (χ1v) is 9.15. The van der Waals surface area contributed by atoms with E-state index < -0.39 is 11.7 Å². The molecule has 28 heavy (non-hydrogen) atoms. The lowest BCUT2D eigenvalue weighted by molar-refractivity contribution is 0.100. The Morgan fingerprint density at radius 2 is 2.11 bits per heavy atom. The van der Waals surface area contributed by atoms with Gasteiger partial charge in [0.25, 0.3) is 5.91 Å². The number of carbonyl (C=O) groups excluding carboxylic acids is 1. The molecule has 0 radical (unpaired) electrons. The van der Waals surface area contributed by atoms with Crippen molar-refractivity contribution in [2.45, 2.75) is 45.2 Å². The number of nitrogens with one attached hydrogen (secondary N) is 2. The normalized spacial score (nSPS) is 12.9. The average Bonchev–Trinajstić information content (AvgIpc) is 2.66. The third-order valence-electron chi connectivity index (χ3n) is 4.27. The van der Waals surface area contributed by atoms with Crippen LogP contribution in [0.5, 0.6) is 5.88 Å². The van der Waals surface area contributed by atoms with E-state index in [-0.39, 0.29) is 29.3 Å². The first kappa shape index (κ1) is 21.4. The van der Waals surface area contributed by atoms with Crippen LogP contribution in [0.15, 0.2) is 24.4 Å². The molecule has 0 fully saturated rings. The molecule has 2 aromatic rings. The molecule has 1 amide bonds. The van der Waals surface area contributed by atoms with Crippen LogP contribution in [0.2, 0.25) is 0 Å². The summed E-state index contributed by atoms with van der Waals surface area (Å²) in [5, 5.41) is 6.03. The molecule has 6 N–H and O–H groups in total. The molecule has 2 heterocycles. The number of hydrogen-bond donors (Lipinski definition) is 4. The van der Waals surface area contributed by atoms with Crippen molar-refractivity contribution in [3.8, 4) is 5.88 Å². The molecule has 9 heteroatoms. The SMILES string of the molecule is CCCC[C@@H](Nc1nc(Nc2ccnc(OC)c2)c(C(N)=O)cc1F)[C@H](C)N. The number of nitrogens with two attached hydrogens (primary N) is 2. The summed E-state index contributed by atoms with van der Waals surface area (Å²) >= 11 is 0. The van der Waals surface area contributed by atoms with Crippen molar-refractivity contribution >= 4 is 23.2 Å². The minimum atomic E-state index is -0.795. The quantitative estimate of drug-likeness (QED) is 0.491. The third kappa shape index (κ3) is 5.53. The zero-order valence-electron chi connectivity index (χ0n) is 16.3. The number of hydrogen-bond acceptors (Lipinski definition) is 7. The van der Waals surface area contributed by atoms with Gasteiger partial charge in [-0.05, 0) is 25.5 Å². The molecule has 0 saturated carbocycles. The molecule has 2 rings (SSSR count). The van der Waals surface area contributed by atoms with Gasteiger partial charge in [0, 0.05) is 30.0 Å². The Labute approximate surface area is 163 Å². The molecule has 0 bridgehead atoms. The lowest BCUT2D eigenvalue weighted by Crippen LogP contribution is -2.38. The van der Waals surface area contributed by atoms with E-state index >= 15 is 0 Å². The first-order valence-electron chi connectivity index (χ1n) is 9.15. The summed E-state index contributed by atoms with van der Waals surface area (Å²) in [4.78, 5) is 20.0. The average molecular weight is 390 g/mol. The predicted octanol–water partition coefficient (Wildman–Crippen LogP) is 2.78. The number of methoxy groups -OCH3 is 1. The largest absolute Gasteiger partial charge is 0.481 e. The summed E-state index contributed by atoms with van der Waals surface area (Å²) in [5.74, 6) is -0.955. The smallest absolute Gasteiger partial charge is 0.252 e. The van der Waals surface area contributed by atoms with E-state index in [1.54, 1.807) is 12.1 Å². The van der Waals surface area contributed by atoms with Crippen molar-refractivity contribution in [3.63, 3.8) is 0 Å². The second-order valence-electron chi connectivity index (χ2n) is 6.54. The minimum Gasteiger partial charge on any atom is -0.481 e. The summed E-state index contributed by atoms with van der Waals surface area (Å²) in [5.41, 5.74) is 11.9. The van der Waals surface area contributed by atoms with E-state index in [2.05, 4.69) is 27.5 Å². The molecule has 0 aromatic carbocycles. The lowest BCUT2D eigenvalue weighted by atomic mass is 10.0. The molecule has 0 spiro atoms. The molecule has 2 atom stereocenters. The fourth-order valence-electron chi connectivity index (χ4n) is 2.67. The number of halogens is 1.